The van der Waals surface area contributed by atoms with Crippen LogP contribution in [0.2, 0.25) is 0 Å². The first-order valence-corrected chi connectivity index (χ1v) is 8.24. The lowest BCUT2D eigenvalue weighted by Gasteiger charge is -2.22. The summed E-state index contributed by atoms with van der Waals surface area (Å²) < 4.78 is 0.801. The molecule has 3 N–H and O–H groups in total. The number of rotatable bonds is 2. The molecule has 2 aromatic rings. The van der Waals surface area contributed by atoms with Crippen LogP contribution in [0, 0.1) is 0 Å². The number of benzene rings is 1. The zero-order valence-electron chi connectivity index (χ0n) is 10.9. The average Bonchev–Trinajstić information content (AvgIpc) is 2.91. The van der Waals surface area contributed by atoms with Gasteiger partial charge in [-0.15, -0.1) is 11.3 Å². The normalized spacial score (nSPS) is 17.6. The number of anilines is 2. The molecule has 5 heteroatoms. The molecule has 0 radical (unpaired) electrons. The minimum atomic E-state index is -0.0265. The Hall–Kier alpha value is -1.33. The van der Waals surface area contributed by atoms with E-state index in [2.05, 4.69) is 32.7 Å². The molecule has 1 atom stereocenters. The summed E-state index contributed by atoms with van der Waals surface area (Å²) in [4.78, 5) is 13.8. The molecule has 1 unspecified atom stereocenters. The highest BCUT2D eigenvalue weighted by Gasteiger charge is 2.27. The fourth-order valence-electron chi connectivity index (χ4n) is 2.59. The predicted octanol–water partition coefficient (Wildman–Crippen LogP) is 4.15. The van der Waals surface area contributed by atoms with Gasteiger partial charge in [0.15, 0.2) is 0 Å². The van der Waals surface area contributed by atoms with Gasteiger partial charge in [-0.3, -0.25) is 4.79 Å². The summed E-state index contributed by atoms with van der Waals surface area (Å²) in [6, 6.07) is 7.54. The van der Waals surface area contributed by atoms with Gasteiger partial charge in [0.1, 0.15) is 0 Å². The van der Waals surface area contributed by atoms with E-state index < -0.39 is 0 Å². The van der Waals surface area contributed by atoms with Crippen molar-refractivity contribution in [2.24, 2.45) is 0 Å². The van der Waals surface area contributed by atoms with Gasteiger partial charge in [0.2, 0.25) is 5.91 Å². The largest absolute Gasteiger partial charge is 0.398 e. The van der Waals surface area contributed by atoms with Crippen LogP contribution in [0.15, 0.2) is 34.1 Å². The van der Waals surface area contributed by atoms with Crippen LogP contribution in [0.5, 0.6) is 0 Å². The van der Waals surface area contributed by atoms with Gasteiger partial charge in [0.05, 0.1) is 5.92 Å². The first-order valence-electron chi connectivity index (χ1n) is 6.57. The molecule has 0 saturated heterocycles. The Morgan fingerprint density at radius 3 is 3.05 bits per heavy atom. The third kappa shape index (κ3) is 2.60. The van der Waals surface area contributed by atoms with Crippen molar-refractivity contribution in [2.75, 3.05) is 11.1 Å². The van der Waals surface area contributed by atoms with E-state index in [9.17, 15) is 4.79 Å². The van der Waals surface area contributed by atoms with Crippen molar-refractivity contribution in [1.82, 2.24) is 0 Å². The molecule has 1 aromatic heterocycles. The number of carbonyl (C=O) groups excluding carboxylic acids is 1. The second-order valence-corrected chi connectivity index (χ2v) is 6.82. The maximum atomic E-state index is 12.5. The number of aryl methyl sites for hydroxylation is 1. The topological polar surface area (TPSA) is 55.1 Å². The van der Waals surface area contributed by atoms with E-state index in [-0.39, 0.29) is 11.8 Å². The molecule has 1 aliphatic carbocycles. The Labute approximate surface area is 130 Å². The van der Waals surface area contributed by atoms with Gasteiger partial charge >= 0.3 is 0 Å². The van der Waals surface area contributed by atoms with Gasteiger partial charge in [-0.2, -0.15) is 0 Å². The van der Waals surface area contributed by atoms with Crippen molar-refractivity contribution < 1.29 is 4.79 Å². The molecule has 1 aliphatic rings. The number of hydrogen-bond donors (Lipinski definition) is 2. The van der Waals surface area contributed by atoms with Gasteiger partial charge in [0, 0.05) is 20.7 Å². The lowest BCUT2D eigenvalue weighted by molar-refractivity contribution is -0.117. The molecule has 0 bridgehead atoms. The van der Waals surface area contributed by atoms with E-state index >= 15 is 0 Å². The summed E-state index contributed by atoms with van der Waals surface area (Å²) in [6.45, 7) is 0. The number of nitrogens with one attached hydrogen (secondary N) is 1. The number of nitrogens with two attached hydrogens (primary N) is 1. The third-order valence-corrected chi connectivity index (χ3v) is 5.32. The molecule has 3 nitrogen and oxygen atoms in total. The second kappa shape index (κ2) is 5.58. The van der Waals surface area contributed by atoms with Gasteiger partial charge in [-0.1, -0.05) is 0 Å². The maximum Gasteiger partial charge on any atom is 0.231 e. The summed E-state index contributed by atoms with van der Waals surface area (Å²) >= 11 is 5.13. The zero-order valence-corrected chi connectivity index (χ0v) is 13.3. The van der Waals surface area contributed by atoms with Crippen LogP contribution >= 0.6 is 27.3 Å². The van der Waals surface area contributed by atoms with Crippen LogP contribution in [0.25, 0.3) is 0 Å². The van der Waals surface area contributed by atoms with Gasteiger partial charge < -0.3 is 11.1 Å². The van der Waals surface area contributed by atoms with E-state index in [1.54, 1.807) is 17.4 Å². The number of nitrogen functional groups attached to an aromatic ring is 1. The van der Waals surface area contributed by atoms with Gasteiger partial charge in [-0.25, -0.2) is 0 Å². The Bertz CT molecular complexity index is 653. The van der Waals surface area contributed by atoms with Gasteiger partial charge in [0.25, 0.3) is 0 Å². The number of fused-ring (bicyclic) bond motifs is 1. The van der Waals surface area contributed by atoms with Crippen molar-refractivity contribution in [1.29, 1.82) is 0 Å². The quantitative estimate of drug-likeness (QED) is 0.799. The number of amides is 1. The minimum absolute atomic E-state index is 0.0265. The second-order valence-electron chi connectivity index (χ2n) is 4.97. The first kappa shape index (κ1) is 13.6. The van der Waals surface area contributed by atoms with Crippen molar-refractivity contribution in [3.05, 3.63) is 44.6 Å². The lowest BCUT2D eigenvalue weighted by atomic mass is 9.87. The highest BCUT2D eigenvalue weighted by Crippen LogP contribution is 2.35. The van der Waals surface area contributed by atoms with E-state index in [0.717, 1.165) is 29.4 Å². The van der Waals surface area contributed by atoms with Gasteiger partial charge in [-0.05, 0) is 70.4 Å². The zero-order chi connectivity index (χ0) is 14.1. The highest BCUT2D eigenvalue weighted by atomic mass is 79.9. The predicted molar refractivity (Wildman–Crippen MR) is 87.2 cm³/mol. The van der Waals surface area contributed by atoms with Crippen LogP contribution in [0.3, 0.4) is 0 Å². The molecule has 104 valence electrons. The minimum Gasteiger partial charge on any atom is -0.398 e. The molecule has 1 amide bonds. The van der Waals surface area contributed by atoms with E-state index in [0.29, 0.717) is 5.69 Å². The average molecular weight is 351 g/mol. The van der Waals surface area contributed by atoms with E-state index in [1.165, 1.54) is 10.4 Å². The van der Waals surface area contributed by atoms with Crippen LogP contribution in [-0.2, 0) is 11.2 Å². The third-order valence-electron chi connectivity index (χ3n) is 3.64. The molecule has 0 spiro atoms. The van der Waals surface area contributed by atoms with Crippen LogP contribution < -0.4 is 11.1 Å². The van der Waals surface area contributed by atoms with E-state index in [4.69, 9.17) is 5.73 Å². The Kier molecular flexibility index (Phi) is 3.81. The summed E-state index contributed by atoms with van der Waals surface area (Å²) in [5.41, 5.74) is 8.40. The van der Waals surface area contributed by atoms with Crippen LogP contribution in [0.1, 0.15) is 29.2 Å². The Morgan fingerprint density at radius 1 is 1.40 bits per heavy atom. The molecule has 1 aromatic carbocycles. The fraction of sp³-hybridized carbons (Fsp3) is 0.267. The molecular weight excluding hydrogens is 336 g/mol. The summed E-state index contributed by atoms with van der Waals surface area (Å²) in [6.07, 6.45) is 3.10. The SMILES string of the molecule is Nc1ccc(NC(=O)C2CCCc3sccc32)cc1Br. The van der Waals surface area contributed by atoms with Crippen molar-refractivity contribution in [2.45, 2.75) is 25.2 Å². The molecule has 0 saturated carbocycles. The van der Waals surface area contributed by atoms with Crippen molar-refractivity contribution >= 4 is 44.5 Å². The van der Waals surface area contributed by atoms with Crippen LogP contribution in [-0.4, -0.2) is 5.91 Å². The standard InChI is InChI=1S/C15H15BrN2OS/c16-12-8-9(4-5-13(12)17)18-15(19)11-2-1-3-14-10(11)6-7-20-14/h4-8,11H,1-3,17H2,(H,18,19). The molecular formula is C15H15BrN2OS. The fourth-order valence-corrected chi connectivity index (χ4v) is 3.96. The molecule has 0 aliphatic heterocycles. The number of hydrogen-bond acceptors (Lipinski definition) is 3. The highest BCUT2D eigenvalue weighted by molar-refractivity contribution is 9.10. The number of thiophene rings is 1. The lowest BCUT2D eigenvalue weighted by Crippen LogP contribution is -2.23. The number of halogens is 1. The molecule has 0 fully saturated rings. The first-order chi connectivity index (χ1) is 9.65. The smallest absolute Gasteiger partial charge is 0.231 e. The van der Waals surface area contributed by atoms with Crippen molar-refractivity contribution in [3.8, 4) is 0 Å². The molecule has 3 rings (SSSR count). The molecule has 20 heavy (non-hydrogen) atoms. The van der Waals surface area contributed by atoms with Crippen LogP contribution in [0.4, 0.5) is 11.4 Å². The summed E-state index contributed by atoms with van der Waals surface area (Å²) in [5, 5.41) is 5.07. The Balaban J connectivity index is 1.79. The maximum absolute atomic E-state index is 12.5. The number of carbonyl (C=O) groups is 1. The summed E-state index contributed by atoms with van der Waals surface area (Å²) in [7, 11) is 0. The molecule has 1 heterocycles. The van der Waals surface area contributed by atoms with E-state index in [1.807, 2.05) is 12.1 Å². The monoisotopic (exact) mass is 350 g/mol. The summed E-state index contributed by atoms with van der Waals surface area (Å²) in [5.74, 6) is 0.0438. The van der Waals surface area contributed by atoms with Crippen molar-refractivity contribution in [3.63, 3.8) is 0 Å². The Morgan fingerprint density at radius 2 is 2.25 bits per heavy atom.